The number of halogens is 4. The average Bonchev–Trinajstić information content (AvgIpc) is 2.45. The summed E-state index contributed by atoms with van der Waals surface area (Å²) in [5.74, 6) is -0.832. The molecule has 0 spiro atoms. The van der Waals surface area contributed by atoms with E-state index in [9.17, 15) is 17.6 Å². The fraction of sp³-hybridized carbons (Fsp3) is 0.600. The molecule has 0 bridgehead atoms. The Bertz CT molecular complexity index is 469. The minimum Gasteiger partial charge on any atom is -0.381 e. The van der Waals surface area contributed by atoms with Crippen molar-refractivity contribution < 1.29 is 22.3 Å². The van der Waals surface area contributed by atoms with Crippen molar-refractivity contribution >= 4 is 0 Å². The first-order valence-corrected chi connectivity index (χ1v) is 7.04. The number of hydrogen-bond acceptors (Lipinski definition) is 2. The minimum absolute atomic E-state index is 0.0822. The lowest BCUT2D eigenvalue weighted by atomic mass is 9.88. The Hall–Kier alpha value is -1.14. The Balaban J connectivity index is 2.21. The van der Waals surface area contributed by atoms with Crippen LogP contribution in [-0.4, -0.2) is 20.3 Å². The van der Waals surface area contributed by atoms with Crippen molar-refractivity contribution in [2.45, 2.75) is 31.5 Å². The van der Waals surface area contributed by atoms with Crippen LogP contribution in [0.5, 0.6) is 0 Å². The molecule has 1 aliphatic rings. The molecule has 2 rings (SSSR count). The van der Waals surface area contributed by atoms with Gasteiger partial charge in [-0.2, -0.15) is 13.2 Å². The van der Waals surface area contributed by atoms with Gasteiger partial charge in [0.25, 0.3) is 0 Å². The van der Waals surface area contributed by atoms with Crippen LogP contribution in [0.1, 0.15) is 36.4 Å². The van der Waals surface area contributed by atoms with Gasteiger partial charge in [-0.1, -0.05) is 12.1 Å². The molecule has 1 aromatic carbocycles. The average molecular weight is 305 g/mol. The van der Waals surface area contributed by atoms with Crippen LogP contribution in [0.2, 0.25) is 0 Å². The summed E-state index contributed by atoms with van der Waals surface area (Å²) in [4.78, 5) is 0. The molecule has 1 N–H and O–H groups in total. The van der Waals surface area contributed by atoms with Gasteiger partial charge in [0, 0.05) is 24.8 Å². The molecule has 1 aromatic rings. The summed E-state index contributed by atoms with van der Waals surface area (Å²) in [6, 6.07) is 3.04. The van der Waals surface area contributed by atoms with E-state index >= 15 is 0 Å². The summed E-state index contributed by atoms with van der Waals surface area (Å²) < 4.78 is 57.8. The highest BCUT2D eigenvalue weighted by Gasteiger charge is 2.35. The second kappa shape index (κ2) is 6.75. The molecule has 1 fully saturated rings. The molecule has 1 aliphatic heterocycles. The number of alkyl halides is 3. The highest BCUT2D eigenvalue weighted by Crippen LogP contribution is 2.35. The van der Waals surface area contributed by atoms with Crippen LogP contribution in [0.25, 0.3) is 0 Å². The van der Waals surface area contributed by atoms with E-state index in [4.69, 9.17) is 4.74 Å². The van der Waals surface area contributed by atoms with Crippen molar-refractivity contribution in [3.63, 3.8) is 0 Å². The summed E-state index contributed by atoms with van der Waals surface area (Å²) in [5.41, 5.74) is -1.12. The van der Waals surface area contributed by atoms with Crippen LogP contribution in [0.3, 0.4) is 0 Å². The molecule has 1 heterocycles. The maximum Gasteiger partial charge on any atom is 0.419 e. The minimum atomic E-state index is -4.67. The van der Waals surface area contributed by atoms with E-state index in [1.54, 1.807) is 7.05 Å². The quantitative estimate of drug-likeness (QED) is 0.851. The lowest BCUT2D eigenvalue weighted by molar-refractivity contribution is -0.140. The first kappa shape index (κ1) is 16.2. The fourth-order valence-corrected chi connectivity index (χ4v) is 2.75. The van der Waals surface area contributed by atoms with Gasteiger partial charge in [-0.15, -0.1) is 0 Å². The van der Waals surface area contributed by atoms with Gasteiger partial charge in [0.2, 0.25) is 0 Å². The maximum absolute atomic E-state index is 14.2. The zero-order valence-corrected chi connectivity index (χ0v) is 11.8. The number of hydrogen-bond donors (Lipinski definition) is 1. The first-order chi connectivity index (χ1) is 9.93. The van der Waals surface area contributed by atoms with Gasteiger partial charge < -0.3 is 10.1 Å². The summed E-state index contributed by atoms with van der Waals surface area (Å²) in [6.45, 7) is 1.32. The van der Waals surface area contributed by atoms with Crippen LogP contribution in [-0.2, 0) is 10.9 Å². The molecule has 0 saturated carbocycles. The molecule has 1 saturated heterocycles. The van der Waals surface area contributed by atoms with E-state index in [2.05, 4.69) is 5.32 Å². The van der Waals surface area contributed by atoms with Crippen LogP contribution in [0, 0.1) is 11.7 Å². The molecular formula is C15H19F4NO. The van der Waals surface area contributed by atoms with Gasteiger partial charge in [-0.3, -0.25) is 0 Å². The predicted molar refractivity (Wildman–Crippen MR) is 71.4 cm³/mol. The predicted octanol–water partition coefficient (Wildman–Crippen LogP) is 3.92. The van der Waals surface area contributed by atoms with E-state index in [1.165, 1.54) is 12.1 Å². The largest absolute Gasteiger partial charge is 0.419 e. The second-order valence-corrected chi connectivity index (χ2v) is 5.34. The Morgan fingerprint density at radius 2 is 1.95 bits per heavy atom. The molecule has 1 unspecified atom stereocenters. The van der Waals surface area contributed by atoms with Gasteiger partial charge in [-0.05, 0) is 38.3 Å². The van der Waals surface area contributed by atoms with Crippen molar-refractivity contribution in [2.75, 3.05) is 20.3 Å². The molecular weight excluding hydrogens is 286 g/mol. The molecule has 0 radical (unpaired) electrons. The summed E-state index contributed by atoms with van der Waals surface area (Å²) in [6.07, 6.45) is -2.34. The van der Waals surface area contributed by atoms with Gasteiger partial charge >= 0.3 is 6.18 Å². The van der Waals surface area contributed by atoms with E-state index in [0.29, 0.717) is 25.6 Å². The van der Waals surface area contributed by atoms with Gasteiger partial charge in [0.1, 0.15) is 5.82 Å². The van der Waals surface area contributed by atoms with E-state index in [-0.39, 0.29) is 5.56 Å². The van der Waals surface area contributed by atoms with Crippen molar-refractivity contribution in [3.05, 3.63) is 35.1 Å². The highest BCUT2D eigenvalue weighted by molar-refractivity contribution is 5.30. The van der Waals surface area contributed by atoms with Crippen molar-refractivity contribution in [2.24, 2.45) is 5.92 Å². The number of benzene rings is 1. The number of ether oxygens (including phenoxy) is 1. The van der Waals surface area contributed by atoms with Crippen molar-refractivity contribution in [1.82, 2.24) is 5.32 Å². The summed E-state index contributed by atoms with van der Waals surface area (Å²) >= 11 is 0. The van der Waals surface area contributed by atoms with Crippen LogP contribution in [0.4, 0.5) is 17.6 Å². The standard InChI is InChI=1S/C15H19F4NO/c1-20-13(9-10-5-7-21-8-6-10)11-3-2-4-12(14(11)16)15(17,18)19/h2-4,10,13,20H,5-9H2,1H3. The second-order valence-electron chi connectivity index (χ2n) is 5.34. The van der Waals surface area contributed by atoms with Gasteiger partial charge in [-0.25, -0.2) is 4.39 Å². The first-order valence-electron chi connectivity index (χ1n) is 7.04. The third-order valence-electron chi connectivity index (χ3n) is 3.97. The fourth-order valence-electron chi connectivity index (χ4n) is 2.75. The molecule has 1 atom stereocenters. The molecule has 118 valence electrons. The summed E-state index contributed by atoms with van der Waals surface area (Å²) in [7, 11) is 1.64. The SMILES string of the molecule is CNC(CC1CCOCC1)c1cccc(C(F)(F)F)c1F. The Labute approximate surface area is 121 Å². The number of rotatable bonds is 4. The molecule has 0 aromatic heterocycles. The van der Waals surface area contributed by atoms with Crippen LogP contribution < -0.4 is 5.32 Å². The Morgan fingerprint density at radius 3 is 2.52 bits per heavy atom. The van der Waals surface area contributed by atoms with Crippen LogP contribution >= 0.6 is 0 Å². The molecule has 6 heteroatoms. The zero-order valence-electron chi connectivity index (χ0n) is 11.8. The molecule has 0 aliphatic carbocycles. The van der Waals surface area contributed by atoms with Gasteiger partial charge in [0.15, 0.2) is 0 Å². The molecule has 2 nitrogen and oxygen atoms in total. The smallest absolute Gasteiger partial charge is 0.381 e. The number of nitrogens with one attached hydrogen (secondary N) is 1. The van der Waals surface area contributed by atoms with E-state index in [1.807, 2.05) is 0 Å². The lowest BCUT2D eigenvalue weighted by Gasteiger charge is -2.27. The monoisotopic (exact) mass is 305 g/mol. The van der Waals surface area contributed by atoms with E-state index in [0.717, 1.165) is 18.9 Å². The lowest BCUT2D eigenvalue weighted by Crippen LogP contribution is -2.25. The Morgan fingerprint density at radius 1 is 1.29 bits per heavy atom. The van der Waals surface area contributed by atoms with E-state index < -0.39 is 23.6 Å². The van der Waals surface area contributed by atoms with Crippen molar-refractivity contribution in [1.29, 1.82) is 0 Å². The topological polar surface area (TPSA) is 21.3 Å². The third kappa shape index (κ3) is 3.95. The van der Waals surface area contributed by atoms with Crippen molar-refractivity contribution in [3.8, 4) is 0 Å². The zero-order chi connectivity index (χ0) is 15.5. The normalized spacial score (nSPS) is 18.7. The molecule has 21 heavy (non-hydrogen) atoms. The summed E-state index contributed by atoms with van der Waals surface area (Å²) in [5, 5.41) is 2.94. The molecule has 0 amide bonds. The Kier molecular flexibility index (Phi) is 5.22. The van der Waals surface area contributed by atoms with Gasteiger partial charge in [0.05, 0.1) is 5.56 Å². The third-order valence-corrected chi connectivity index (χ3v) is 3.97. The van der Waals surface area contributed by atoms with Crippen LogP contribution in [0.15, 0.2) is 18.2 Å². The highest BCUT2D eigenvalue weighted by atomic mass is 19.4. The maximum atomic E-state index is 14.2.